The summed E-state index contributed by atoms with van der Waals surface area (Å²) in [7, 11) is 0. The molecule has 17 heavy (non-hydrogen) atoms. The van der Waals surface area contributed by atoms with Crippen molar-refractivity contribution in [3.8, 4) is 0 Å². The van der Waals surface area contributed by atoms with Crippen molar-refractivity contribution in [3.05, 3.63) is 35.4 Å². The third-order valence-electron chi connectivity index (χ3n) is 2.73. The number of hydrogen-bond donors (Lipinski definition) is 2. The van der Waals surface area contributed by atoms with Gasteiger partial charge in [0.15, 0.2) is 0 Å². The smallest absolute Gasteiger partial charge is 0.0608 e. The number of nitrogens with two attached hydrogens (primary N) is 1. The van der Waals surface area contributed by atoms with Crippen molar-refractivity contribution in [1.29, 1.82) is 0 Å². The molecule has 1 aromatic carbocycles. The van der Waals surface area contributed by atoms with Gasteiger partial charge in [-0.25, -0.2) is 0 Å². The summed E-state index contributed by atoms with van der Waals surface area (Å²) in [5.41, 5.74) is 8.14. The van der Waals surface area contributed by atoms with E-state index in [1.54, 1.807) is 0 Å². The zero-order valence-corrected chi connectivity index (χ0v) is 11.8. The highest BCUT2D eigenvalue weighted by Gasteiger charge is 2.20. The Balaban J connectivity index is 2.40. The third-order valence-corrected chi connectivity index (χ3v) is 3.97. The van der Waals surface area contributed by atoms with Crippen LogP contribution in [-0.4, -0.2) is 22.5 Å². The van der Waals surface area contributed by atoms with Gasteiger partial charge in [-0.2, -0.15) is 11.8 Å². The van der Waals surface area contributed by atoms with Crippen LogP contribution >= 0.6 is 11.8 Å². The van der Waals surface area contributed by atoms with Crippen molar-refractivity contribution in [2.45, 2.75) is 43.7 Å². The normalized spacial score (nSPS) is 16.5. The average Bonchev–Trinajstić information content (AvgIpc) is 2.26. The van der Waals surface area contributed by atoms with Gasteiger partial charge in [0.05, 0.1) is 6.61 Å². The molecule has 0 spiro atoms. The predicted octanol–water partition coefficient (Wildman–Crippen LogP) is 2.72. The Hall–Kier alpha value is -0.510. The van der Waals surface area contributed by atoms with Crippen LogP contribution < -0.4 is 5.73 Å². The zero-order chi connectivity index (χ0) is 12.9. The SMILES string of the molecule is Cc1cccc(CSC(C)CC(C)(N)CO)c1. The van der Waals surface area contributed by atoms with E-state index in [0.29, 0.717) is 5.25 Å². The minimum atomic E-state index is -0.459. The number of thioether (sulfide) groups is 1. The Morgan fingerprint density at radius 1 is 1.47 bits per heavy atom. The second kappa shape index (κ2) is 6.43. The van der Waals surface area contributed by atoms with Crippen molar-refractivity contribution >= 4 is 11.8 Å². The monoisotopic (exact) mass is 253 g/mol. The van der Waals surface area contributed by atoms with Gasteiger partial charge in [-0.15, -0.1) is 0 Å². The minimum absolute atomic E-state index is 0.0440. The first kappa shape index (κ1) is 14.6. The number of rotatable bonds is 6. The minimum Gasteiger partial charge on any atom is -0.394 e. The first-order chi connectivity index (χ1) is 7.93. The van der Waals surface area contributed by atoms with Gasteiger partial charge >= 0.3 is 0 Å². The van der Waals surface area contributed by atoms with E-state index in [1.165, 1.54) is 11.1 Å². The lowest BCUT2D eigenvalue weighted by Gasteiger charge is -2.25. The molecule has 0 saturated heterocycles. The maximum Gasteiger partial charge on any atom is 0.0608 e. The third kappa shape index (κ3) is 5.57. The van der Waals surface area contributed by atoms with Crippen LogP contribution in [0.4, 0.5) is 0 Å². The average molecular weight is 253 g/mol. The highest BCUT2D eigenvalue weighted by atomic mass is 32.2. The summed E-state index contributed by atoms with van der Waals surface area (Å²) in [5, 5.41) is 9.59. The van der Waals surface area contributed by atoms with Crippen molar-refractivity contribution in [2.75, 3.05) is 6.61 Å². The van der Waals surface area contributed by atoms with Gasteiger partial charge in [-0.3, -0.25) is 0 Å². The van der Waals surface area contributed by atoms with E-state index in [4.69, 9.17) is 10.8 Å². The molecule has 0 fully saturated rings. The summed E-state index contributed by atoms with van der Waals surface area (Å²) in [6, 6.07) is 8.57. The molecule has 3 N–H and O–H groups in total. The number of hydrogen-bond acceptors (Lipinski definition) is 3. The largest absolute Gasteiger partial charge is 0.394 e. The van der Waals surface area contributed by atoms with E-state index in [1.807, 2.05) is 18.7 Å². The maximum atomic E-state index is 9.13. The Morgan fingerprint density at radius 2 is 2.18 bits per heavy atom. The first-order valence-corrected chi connectivity index (χ1v) is 7.05. The molecule has 2 atom stereocenters. The molecule has 1 rings (SSSR count). The van der Waals surface area contributed by atoms with Crippen LogP contribution in [0.2, 0.25) is 0 Å². The summed E-state index contributed by atoms with van der Waals surface area (Å²) in [6.07, 6.45) is 0.833. The zero-order valence-electron chi connectivity index (χ0n) is 10.9. The van der Waals surface area contributed by atoms with Crippen LogP contribution in [0.5, 0.6) is 0 Å². The Morgan fingerprint density at radius 3 is 2.76 bits per heavy atom. The van der Waals surface area contributed by atoms with Crippen LogP contribution in [0, 0.1) is 6.92 Å². The topological polar surface area (TPSA) is 46.2 Å². The number of aliphatic hydroxyl groups excluding tert-OH is 1. The second-order valence-electron chi connectivity index (χ2n) is 5.13. The van der Waals surface area contributed by atoms with Gasteiger partial charge in [-0.1, -0.05) is 36.8 Å². The first-order valence-electron chi connectivity index (χ1n) is 6.00. The van der Waals surface area contributed by atoms with Crippen LogP contribution in [-0.2, 0) is 5.75 Å². The second-order valence-corrected chi connectivity index (χ2v) is 6.55. The van der Waals surface area contributed by atoms with Gasteiger partial charge in [0, 0.05) is 16.5 Å². The van der Waals surface area contributed by atoms with E-state index >= 15 is 0 Å². The Labute approximate surface area is 109 Å². The summed E-state index contributed by atoms with van der Waals surface area (Å²) >= 11 is 1.89. The molecule has 2 unspecified atom stereocenters. The van der Waals surface area contributed by atoms with Gasteiger partial charge in [0.25, 0.3) is 0 Å². The fourth-order valence-electron chi connectivity index (χ4n) is 1.82. The molecular weight excluding hydrogens is 230 g/mol. The molecule has 0 aromatic heterocycles. The van der Waals surface area contributed by atoms with Crippen molar-refractivity contribution in [1.82, 2.24) is 0 Å². The van der Waals surface area contributed by atoms with Gasteiger partial charge in [-0.05, 0) is 25.8 Å². The highest BCUT2D eigenvalue weighted by molar-refractivity contribution is 7.99. The van der Waals surface area contributed by atoms with Crippen LogP contribution in [0.15, 0.2) is 24.3 Å². The molecule has 0 aliphatic heterocycles. The molecule has 96 valence electrons. The fourth-order valence-corrected chi connectivity index (χ4v) is 2.98. The summed E-state index contributed by atoms with van der Waals surface area (Å²) < 4.78 is 0. The standard InChI is InChI=1S/C14H23NOS/c1-11-5-4-6-13(7-11)9-17-12(2)8-14(3,15)10-16/h4-7,12,16H,8-10,15H2,1-3H3. The Bertz CT molecular complexity index is 352. The molecule has 1 aromatic rings. The summed E-state index contributed by atoms with van der Waals surface area (Å²) in [6.45, 7) is 6.22. The molecular formula is C14H23NOS. The van der Waals surface area contributed by atoms with E-state index in [0.717, 1.165) is 12.2 Å². The number of benzene rings is 1. The predicted molar refractivity (Wildman–Crippen MR) is 76.2 cm³/mol. The van der Waals surface area contributed by atoms with Gasteiger partial charge in [0.2, 0.25) is 0 Å². The van der Waals surface area contributed by atoms with Gasteiger partial charge in [0.1, 0.15) is 0 Å². The molecule has 0 amide bonds. The summed E-state index contributed by atoms with van der Waals surface area (Å²) in [4.78, 5) is 0. The van der Waals surface area contributed by atoms with Gasteiger partial charge < -0.3 is 10.8 Å². The lowest BCUT2D eigenvalue weighted by molar-refractivity contribution is 0.201. The molecule has 0 bridgehead atoms. The number of aryl methyl sites for hydroxylation is 1. The van der Waals surface area contributed by atoms with Crippen molar-refractivity contribution < 1.29 is 5.11 Å². The van der Waals surface area contributed by atoms with Crippen LogP contribution in [0.1, 0.15) is 31.4 Å². The van der Waals surface area contributed by atoms with Crippen LogP contribution in [0.3, 0.4) is 0 Å². The molecule has 0 aliphatic rings. The number of aliphatic hydroxyl groups is 1. The lowest BCUT2D eigenvalue weighted by Crippen LogP contribution is -2.42. The fraction of sp³-hybridized carbons (Fsp3) is 0.571. The van der Waals surface area contributed by atoms with E-state index in [-0.39, 0.29) is 6.61 Å². The van der Waals surface area contributed by atoms with E-state index in [9.17, 15) is 0 Å². The molecule has 0 aliphatic carbocycles. The quantitative estimate of drug-likeness (QED) is 0.819. The lowest BCUT2D eigenvalue weighted by atomic mass is 9.99. The van der Waals surface area contributed by atoms with Crippen LogP contribution in [0.25, 0.3) is 0 Å². The van der Waals surface area contributed by atoms with Crippen molar-refractivity contribution in [3.63, 3.8) is 0 Å². The molecule has 0 radical (unpaired) electrons. The highest BCUT2D eigenvalue weighted by Crippen LogP contribution is 2.24. The van der Waals surface area contributed by atoms with Crippen molar-refractivity contribution in [2.24, 2.45) is 5.73 Å². The van der Waals surface area contributed by atoms with E-state index < -0.39 is 5.54 Å². The molecule has 3 heteroatoms. The molecule has 0 heterocycles. The molecule has 0 saturated carbocycles. The maximum absolute atomic E-state index is 9.13. The van der Waals surface area contributed by atoms with E-state index in [2.05, 4.69) is 38.1 Å². The molecule has 2 nitrogen and oxygen atoms in total. The summed E-state index contributed by atoms with van der Waals surface area (Å²) in [5.74, 6) is 1.00. The Kier molecular flexibility index (Phi) is 5.50.